The summed E-state index contributed by atoms with van der Waals surface area (Å²) in [6.45, 7) is 3.04. The lowest BCUT2D eigenvalue weighted by Crippen LogP contribution is -2.47. The molecular weight excluding hydrogens is 330 g/mol. The average molecular weight is 346 g/mol. The molecule has 1 aliphatic rings. The van der Waals surface area contributed by atoms with E-state index in [0.29, 0.717) is 5.69 Å². The number of anilines is 2. The van der Waals surface area contributed by atoms with Crippen LogP contribution < -0.4 is 15.4 Å². The third-order valence-electron chi connectivity index (χ3n) is 4.31. The van der Waals surface area contributed by atoms with E-state index >= 15 is 0 Å². The van der Waals surface area contributed by atoms with Crippen LogP contribution in [0, 0.1) is 0 Å². The van der Waals surface area contributed by atoms with Gasteiger partial charge in [0.2, 0.25) is 0 Å². The van der Waals surface area contributed by atoms with Crippen LogP contribution in [0.2, 0.25) is 5.02 Å². The fourth-order valence-corrected chi connectivity index (χ4v) is 3.28. The number of H-pyrrole nitrogens is 1. The third kappa shape index (κ3) is 2.39. The van der Waals surface area contributed by atoms with Crippen molar-refractivity contribution in [2.45, 2.75) is 0 Å². The molecule has 1 aliphatic heterocycles. The first-order valence-corrected chi connectivity index (χ1v) is 8.03. The maximum atomic E-state index is 11.9. The Morgan fingerprint density at radius 2 is 1.92 bits per heavy atom. The molecule has 0 saturated carbocycles. The van der Waals surface area contributed by atoms with Crippen LogP contribution in [0.15, 0.2) is 29.6 Å². The van der Waals surface area contributed by atoms with Crippen LogP contribution in [-0.2, 0) is 7.05 Å². The maximum Gasteiger partial charge on any atom is 0.287 e. The normalized spacial score (nSPS) is 15.2. The third-order valence-corrected chi connectivity index (χ3v) is 4.67. The van der Waals surface area contributed by atoms with Gasteiger partial charge < -0.3 is 14.8 Å². The summed E-state index contributed by atoms with van der Waals surface area (Å²) in [6, 6.07) is 1.98. The highest BCUT2D eigenvalue weighted by Crippen LogP contribution is 2.26. The zero-order chi connectivity index (χ0) is 16.7. The second-order valence-electron chi connectivity index (χ2n) is 5.68. The van der Waals surface area contributed by atoms with Crippen molar-refractivity contribution >= 4 is 34.1 Å². The van der Waals surface area contributed by atoms with Gasteiger partial charge in [0.25, 0.3) is 5.56 Å². The second-order valence-corrected chi connectivity index (χ2v) is 6.06. The minimum absolute atomic E-state index is 0.219. The van der Waals surface area contributed by atoms with E-state index in [1.807, 2.05) is 12.3 Å². The molecule has 8 nitrogen and oxygen atoms in total. The van der Waals surface area contributed by atoms with E-state index in [4.69, 9.17) is 11.6 Å². The van der Waals surface area contributed by atoms with Gasteiger partial charge in [-0.1, -0.05) is 11.6 Å². The van der Waals surface area contributed by atoms with Crippen LogP contribution in [0.4, 0.5) is 11.5 Å². The number of aromatic amines is 1. The van der Waals surface area contributed by atoms with E-state index in [2.05, 4.69) is 29.9 Å². The summed E-state index contributed by atoms with van der Waals surface area (Å²) >= 11 is 6.20. The summed E-state index contributed by atoms with van der Waals surface area (Å²) in [5.74, 6) is 0.925. The monoisotopic (exact) mass is 345 g/mol. The summed E-state index contributed by atoms with van der Waals surface area (Å²) in [4.78, 5) is 28.0. The fourth-order valence-electron chi connectivity index (χ4n) is 2.99. The molecule has 1 N–H and O–H groups in total. The topological polar surface area (TPSA) is 82.9 Å². The molecule has 3 aromatic rings. The van der Waals surface area contributed by atoms with Gasteiger partial charge in [0.1, 0.15) is 22.8 Å². The molecule has 0 aliphatic carbocycles. The van der Waals surface area contributed by atoms with E-state index in [9.17, 15) is 4.79 Å². The largest absolute Gasteiger partial charge is 0.365 e. The summed E-state index contributed by atoms with van der Waals surface area (Å²) in [5, 5.41) is 5.30. The maximum absolute atomic E-state index is 11.9. The first-order valence-electron chi connectivity index (χ1n) is 7.65. The Balaban J connectivity index is 1.56. The number of hydrogen-bond acceptors (Lipinski definition) is 6. The Morgan fingerprint density at radius 1 is 1.17 bits per heavy atom. The number of rotatable bonds is 2. The van der Waals surface area contributed by atoms with Crippen molar-refractivity contribution in [3.05, 3.63) is 40.2 Å². The van der Waals surface area contributed by atoms with Crippen LogP contribution in [0.3, 0.4) is 0 Å². The summed E-state index contributed by atoms with van der Waals surface area (Å²) < 4.78 is 1.24. The van der Waals surface area contributed by atoms with Gasteiger partial charge in [0, 0.05) is 39.4 Å². The fraction of sp³-hybridized carbons (Fsp3) is 0.333. The van der Waals surface area contributed by atoms with Gasteiger partial charge in [-0.2, -0.15) is 5.10 Å². The summed E-state index contributed by atoms with van der Waals surface area (Å²) in [5.41, 5.74) is 1.25. The van der Waals surface area contributed by atoms with Gasteiger partial charge in [-0.25, -0.2) is 14.6 Å². The number of nitrogens with zero attached hydrogens (tertiary/aromatic N) is 6. The zero-order valence-electron chi connectivity index (χ0n) is 13.1. The lowest BCUT2D eigenvalue weighted by atomic mass is 10.2. The van der Waals surface area contributed by atoms with Gasteiger partial charge >= 0.3 is 0 Å². The molecule has 1 fully saturated rings. The molecule has 1 saturated heterocycles. The van der Waals surface area contributed by atoms with Crippen LogP contribution in [0.25, 0.3) is 11.0 Å². The quantitative estimate of drug-likeness (QED) is 0.747. The minimum atomic E-state index is -0.276. The first kappa shape index (κ1) is 14.9. The summed E-state index contributed by atoms with van der Waals surface area (Å²) in [6.07, 6.45) is 5.08. The molecule has 0 aromatic carbocycles. The van der Waals surface area contributed by atoms with Crippen molar-refractivity contribution in [1.82, 2.24) is 24.7 Å². The predicted molar refractivity (Wildman–Crippen MR) is 92.8 cm³/mol. The van der Waals surface area contributed by atoms with E-state index in [1.54, 1.807) is 19.6 Å². The van der Waals surface area contributed by atoms with Crippen molar-refractivity contribution in [2.75, 3.05) is 36.0 Å². The van der Waals surface area contributed by atoms with Crippen LogP contribution in [0.5, 0.6) is 0 Å². The van der Waals surface area contributed by atoms with Crippen molar-refractivity contribution in [3.63, 3.8) is 0 Å². The number of piperazine rings is 1. The number of aryl methyl sites for hydroxylation is 1. The Kier molecular flexibility index (Phi) is 3.61. The highest BCUT2D eigenvalue weighted by Gasteiger charge is 2.23. The number of fused-ring (bicyclic) bond motifs is 1. The number of aromatic nitrogens is 5. The van der Waals surface area contributed by atoms with Crippen LogP contribution >= 0.6 is 11.6 Å². The SMILES string of the molecule is Cn1ncc(N2CCN(c3ncnc4[nH]ccc34)CC2)c(Cl)c1=O. The highest BCUT2D eigenvalue weighted by molar-refractivity contribution is 6.33. The van der Waals surface area contributed by atoms with Gasteiger partial charge in [0.15, 0.2) is 0 Å². The van der Waals surface area contributed by atoms with Crippen molar-refractivity contribution in [3.8, 4) is 0 Å². The van der Waals surface area contributed by atoms with Crippen molar-refractivity contribution in [2.24, 2.45) is 7.05 Å². The molecule has 0 unspecified atom stereocenters. The number of hydrogen-bond donors (Lipinski definition) is 1. The lowest BCUT2D eigenvalue weighted by Gasteiger charge is -2.36. The minimum Gasteiger partial charge on any atom is -0.365 e. The Bertz CT molecular complexity index is 942. The molecule has 0 radical (unpaired) electrons. The molecular formula is C15H16ClN7O. The Morgan fingerprint density at radius 3 is 2.71 bits per heavy atom. The van der Waals surface area contributed by atoms with Crippen molar-refractivity contribution in [1.29, 1.82) is 0 Å². The molecule has 9 heteroatoms. The van der Waals surface area contributed by atoms with Gasteiger partial charge in [0.05, 0.1) is 17.3 Å². The van der Waals surface area contributed by atoms with Crippen LogP contribution in [-0.4, -0.2) is 50.9 Å². The molecule has 0 bridgehead atoms. The van der Waals surface area contributed by atoms with Gasteiger partial charge in [-0.3, -0.25) is 4.79 Å². The summed E-state index contributed by atoms with van der Waals surface area (Å²) in [7, 11) is 1.59. The van der Waals surface area contributed by atoms with Crippen molar-refractivity contribution < 1.29 is 0 Å². The Labute approximate surface area is 142 Å². The second kappa shape index (κ2) is 5.79. The van der Waals surface area contributed by atoms with E-state index in [1.165, 1.54) is 4.68 Å². The lowest BCUT2D eigenvalue weighted by molar-refractivity contribution is 0.639. The zero-order valence-corrected chi connectivity index (χ0v) is 13.9. The number of halogens is 1. The molecule has 3 aromatic heterocycles. The number of nitrogens with one attached hydrogen (secondary N) is 1. The Hall–Kier alpha value is -2.61. The molecule has 0 atom stereocenters. The van der Waals surface area contributed by atoms with E-state index < -0.39 is 0 Å². The van der Waals surface area contributed by atoms with E-state index in [0.717, 1.165) is 43.0 Å². The molecule has 4 rings (SSSR count). The predicted octanol–water partition coefficient (Wildman–Crippen LogP) is 1.03. The van der Waals surface area contributed by atoms with Gasteiger partial charge in [-0.05, 0) is 6.07 Å². The molecule has 24 heavy (non-hydrogen) atoms. The average Bonchev–Trinajstić information content (AvgIpc) is 3.09. The van der Waals surface area contributed by atoms with E-state index in [-0.39, 0.29) is 10.6 Å². The molecule has 0 spiro atoms. The standard InChI is InChI=1S/C15H16ClN7O/c1-21-15(24)12(16)11(8-20-21)22-4-6-23(7-5-22)14-10-2-3-17-13(10)18-9-19-14/h2-3,8-9H,4-7H2,1H3,(H,17,18,19). The van der Waals surface area contributed by atoms with Gasteiger partial charge in [-0.15, -0.1) is 0 Å². The molecule has 124 valence electrons. The van der Waals surface area contributed by atoms with Crippen LogP contribution in [0.1, 0.15) is 0 Å². The first-order chi connectivity index (χ1) is 11.6. The smallest absolute Gasteiger partial charge is 0.287 e. The molecule has 4 heterocycles. The molecule has 0 amide bonds. The highest BCUT2D eigenvalue weighted by atomic mass is 35.5.